The Labute approximate surface area is 137 Å². The summed E-state index contributed by atoms with van der Waals surface area (Å²) < 4.78 is 5.25. The lowest BCUT2D eigenvalue weighted by Gasteiger charge is -2.18. The van der Waals surface area contributed by atoms with Crippen LogP contribution >= 0.6 is 0 Å². The molecule has 0 spiro atoms. The summed E-state index contributed by atoms with van der Waals surface area (Å²) in [5, 5.41) is 12.1. The quantitative estimate of drug-likeness (QED) is 0.684. The third kappa shape index (κ3) is 4.75. The summed E-state index contributed by atoms with van der Waals surface area (Å²) >= 11 is 0. The lowest BCUT2D eigenvalue weighted by atomic mass is 10.2. The fraction of sp³-hybridized carbons (Fsp3) is 0.444. The van der Waals surface area contributed by atoms with Crippen molar-refractivity contribution in [1.29, 1.82) is 5.26 Å². The predicted molar refractivity (Wildman–Crippen MR) is 90.1 cm³/mol. The highest BCUT2D eigenvalue weighted by Gasteiger charge is 2.15. The molecule has 1 aliphatic heterocycles. The molecule has 2 rings (SSSR count). The van der Waals surface area contributed by atoms with Gasteiger partial charge in [-0.1, -0.05) is 18.9 Å². The zero-order valence-electron chi connectivity index (χ0n) is 13.8. The maximum absolute atomic E-state index is 12.4. The summed E-state index contributed by atoms with van der Waals surface area (Å²) in [6, 6.07) is 7.55. The largest absolute Gasteiger partial charge is 0.495 e. The van der Waals surface area contributed by atoms with Gasteiger partial charge in [-0.25, -0.2) is 0 Å². The molecule has 1 amide bonds. The molecule has 122 valence electrons. The second-order valence-electron chi connectivity index (χ2n) is 5.76. The van der Waals surface area contributed by atoms with Gasteiger partial charge in [-0.2, -0.15) is 5.26 Å². The van der Waals surface area contributed by atoms with E-state index in [9.17, 15) is 10.1 Å². The van der Waals surface area contributed by atoms with Crippen molar-refractivity contribution in [2.45, 2.75) is 32.6 Å². The van der Waals surface area contributed by atoms with Crippen LogP contribution in [0.2, 0.25) is 0 Å². The van der Waals surface area contributed by atoms with Gasteiger partial charge in [0.05, 0.1) is 12.8 Å². The molecule has 0 saturated carbocycles. The van der Waals surface area contributed by atoms with Crippen LogP contribution in [0.15, 0.2) is 30.0 Å². The zero-order valence-corrected chi connectivity index (χ0v) is 13.8. The zero-order chi connectivity index (χ0) is 16.7. The van der Waals surface area contributed by atoms with Crippen molar-refractivity contribution in [1.82, 2.24) is 4.90 Å². The van der Waals surface area contributed by atoms with Crippen molar-refractivity contribution in [3.63, 3.8) is 0 Å². The summed E-state index contributed by atoms with van der Waals surface area (Å²) in [7, 11) is 1.55. The number of anilines is 1. The Morgan fingerprint density at radius 2 is 2.00 bits per heavy atom. The molecule has 1 fully saturated rings. The van der Waals surface area contributed by atoms with Crippen molar-refractivity contribution in [3.05, 3.63) is 35.5 Å². The third-order valence-corrected chi connectivity index (χ3v) is 3.92. The van der Waals surface area contributed by atoms with Crippen LogP contribution in [0.25, 0.3) is 0 Å². The minimum atomic E-state index is -0.402. The van der Waals surface area contributed by atoms with Gasteiger partial charge in [-0.05, 0) is 37.5 Å². The molecule has 1 heterocycles. The first kappa shape index (κ1) is 16.9. The molecule has 0 bridgehead atoms. The lowest BCUT2D eigenvalue weighted by molar-refractivity contribution is -0.112. The number of ether oxygens (including phenoxy) is 1. The molecule has 0 atom stereocenters. The monoisotopic (exact) mass is 313 g/mol. The van der Waals surface area contributed by atoms with Gasteiger partial charge in [-0.3, -0.25) is 4.79 Å². The molecule has 0 aliphatic carbocycles. The number of carbonyl (C=O) groups excluding carboxylic acids is 1. The Morgan fingerprint density at radius 1 is 1.30 bits per heavy atom. The van der Waals surface area contributed by atoms with Crippen molar-refractivity contribution in [3.8, 4) is 11.8 Å². The Morgan fingerprint density at radius 3 is 2.61 bits per heavy atom. The average Bonchev–Trinajstić information content (AvgIpc) is 2.81. The van der Waals surface area contributed by atoms with Crippen LogP contribution in [0, 0.1) is 18.3 Å². The molecule has 1 aromatic rings. The first-order valence-electron chi connectivity index (χ1n) is 7.96. The number of methoxy groups -OCH3 is 1. The van der Waals surface area contributed by atoms with Crippen LogP contribution in [0.4, 0.5) is 5.69 Å². The van der Waals surface area contributed by atoms with Crippen LogP contribution < -0.4 is 10.1 Å². The fourth-order valence-electron chi connectivity index (χ4n) is 2.65. The molecule has 1 saturated heterocycles. The minimum Gasteiger partial charge on any atom is -0.495 e. The number of nitrogens with zero attached hydrogens (tertiary/aromatic N) is 2. The van der Waals surface area contributed by atoms with E-state index in [0.717, 1.165) is 31.5 Å². The van der Waals surface area contributed by atoms with Gasteiger partial charge in [0.1, 0.15) is 17.4 Å². The van der Waals surface area contributed by atoms with E-state index in [1.807, 2.05) is 25.1 Å². The number of rotatable bonds is 4. The number of amides is 1. The van der Waals surface area contributed by atoms with E-state index in [2.05, 4.69) is 10.2 Å². The molecule has 1 N–H and O–H groups in total. The standard InChI is InChI=1S/C18H23N3O2/c1-14-7-8-17(23-2)16(11-14)20-18(22)15(12-19)13-21-9-5-3-4-6-10-21/h7-8,11,13H,3-6,9-10H2,1-2H3,(H,20,22)/b15-13-. The van der Waals surface area contributed by atoms with Gasteiger partial charge in [0, 0.05) is 19.3 Å². The number of benzene rings is 1. The molecule has 0 aromatic heterocycles. The van der Waals surface area contributed by atoms with Crippen LogP contribution in [0.1, 0.15) is 31.2 Å². The molecular formula is C18H23N3O2. The highest BCUT2D eigenvalue weighted by molar-refractivity contribution is 6.07. The average molecular weight is 313 g/mol. The van der Waals surface area contributed by atoms with Crippen molar-refractivity contribution >= 4 is 11.6 Å². The molecule has 1 aliphatic rings. The maximum atomic E-state index is 12.4. The normalized spacial score (nSPS) is 15.5. The summed E-state index contributed by atoms with van der Waals surface area (Å²) in [6.45, 7) is 3.73. The molecular weight excluding hydrogens is 290 g/mol. The lowest BCUT2D eigenvalue weighted by Crippen LogP contribution is -2.22. The summed E-state index contributed by atoms with van der Waals surface area (Å²) in [4.78, 5) is 14.5. The van der Waals surface area contributed by atoms with E-state index in [-0.39, 0.29) is 5.57 Å². The Balaban J connectivity index is 2.14. The van der Waals surface area contributed by atoms with Crippen molar-refractivity contribution < 1.29 is 9.53 Å². The van der Waals surface area contributed by atoms with Gasteiger partial charge < -0.3 is 15.0 Å². The van der Waals surface area contributed by atoms with Crippen LogP contribution in [-0.2, 0) is 4.79 Å². The van der Waals surface area contributed by atoms with Gasteiger partial charge in [0.2, 0.25) is 0 Å². The van der Waals surface area contributed by atoms with Gasteiger partial charge in [-0.15, -0.1) is 0 Å². The number of aryl methyl sites for hydroxylation is 1. The summed E-state index contributed by atoms with van der Waals surface area (Å²) in [5.41, 5.74) is 1.71. The molecule has 1 aromatic carbocycles. The van der Waals surface area contributed by atoms with E-state index in [1.165, 1.54) is 12.8 Å². The molecule has 23 heavy (non-hydrogen) atoms. The third-order valence-electron chi connectivity index (χ3n) is 3.92. The molecule has 5 nitrogen and oxygen atoms in total. The SMILES string of the molecule is COc1ccc(C)cc1NC(=O)/C(C#N)=C\N1CCCCCC1. The second-order valence-corrected chi connectivity index (χ2v) is 5.76. The van der Waals surface area contributed by atoms with Crippen LogP contribution in [0.3, 0.4) is 0 Å². The Kier molecular flexibility index (Phi) is 6.04. The molecule has 5 heteroatoms. The highest BCUT2D eigenvalue weighted by atomic mass is 16.5. The predicted octanol–water partition coefficient (Wildman–Crippen LogP) is 3.23. The van der Waals surface area contributed by atoms with Gasteiger partial charge in [0.15, 0.2) is 0 Å². The number of nitriles is 1. The van der Waals surface area contributed by atoms with E-state index in [0.29, 0.717) is 11.4 Å². The van der Waals surface area contributed by atoms with E-state index in [4.69, 9.17) is 4.74 Å². The molecule has 0 radical (unpaired) electrons. The maximum Gasteiger partial charge on any atom is 0.267 e. The summed E-state index contributed by atoms with van der Waals surface area (Å²) in [6.07, 6.45) is 6.30. The van der Waals surface area contributed by atoms with Crippen molar-refractivity contribution in [2.24, 2.45) is 0 Å². The number of carbonyl (C=O) groups is 1. The number of nitrogens with one attached hydrogen (secondary N) is 1. The topological polar surface area (TPSA) is 65.4 Å². The Hall–Kier alpha value is -2.48. The van der Waals surface area contributed by atoms with Crippen LogP contribution in [0.5, 0.6) is 5.75 Å². The first-order valence-corrected chi connectivity index (χ1v) is 7.96. The summed E-state index contributed by atoms with van der Waals surface area (Å²) in [5.74, 6) is 0.177. The van der Waals surface area contributed by atoms with Crippen molar-refractivity contribution in [2.75, 3.05) is 25.5 Å². The number of likely N-dealkylation sites (tertiary alicyclic amines) is 1. The minimum absolute atomic E-state index is 0.121. The van der Waals surface area contributed by atoms with Gasteiger partial charge in [0.25, 0.3) is 5.91 Å². The Bertz CT molecular complexity index is 624. The number of hydrogen-bond donors (Lipinski definition) is 1. The van der Waals surface area contributed by atoms with Gasteiger partial charge >= 0.3 is 0 Å². The highest BCUT2D eigenvalue weighted by Crippen LogP contribution is 2.25. The van der Waals surface area contributed by atoms with E-state index >= 15 is 0 Å². The first-order chi connectivity index (χ1) is 11.1. The second kappa shape index (κ2) is 8.23. The molecule has 0 unspecified atom stereocenters. The van der Waals surface area contributed by atoms with Crippen LogP contribution in [-0.4, -0.2) is 31.0 Å². The fourth-order valence-corrected chi connectivity index (χ4v) is 2.65. The smallest absolute Gasteiger partial charge is 0.267 e. The van der Waals surface area contributed by atoms with E-state index < -0.39 is 5.91 Å². The van der Waals surface area contributed by atoms with E-state index in [1.54, 1.807) is 19.4 Å². The number of hydrogen-bond acceptors (Lipinski definition) is 4.